The monoisotopic (exact) mass is 351 g/mol. The minimum Gasteiger partial charge on any atom is -0.372 e. The number of amides is 2. The third-order valence-electron chi connectivity index (χ3n) is 4.69. The van der Waals surface area contributed by atoms with Crippen molar-refractivity contribution in [2.45, 2.75) is 33.1 Å². The van der Waals surface area contributed by atoms with Gasteiger partial charge in [-0.2, -0.15) is 0 Å². The Balaban J connectivity index is 1.60. The molecule has 1 aliphatic rings. The number of carbonyl (C=O) groups is 2. The maximum absolute atomic E-state index is 12.2. The summed E-state index contributed by atoms with van der Waals surface area (Å²) in [6, 6.07) is 13.4. The van der Waals surface area contributed by atoms with Gasteiger partial charge in [-0.3, -0.25) is 9.59 Å². The van der Waals surface area contributed by atoms with Crippen molar-refractivity contribution in [3.8, 4) is 0 Å². The second-order valence-corrected chi connectivity index (χ2v) is 6.82. The fraction of sp³-hybridized carbons (Fsp3) is 0.333. The van der Waals surface area contributed by atoms with Gasteiger partial charge in [-0.25, -0.2) is 0 Å². The van der Waals surface area contributed by atoms with E-state index in [1.165, 1.54) is 19.3 Å². The lowest BCUT2D eigenvalue weighted by Crippen LogP contribution is -2.30. The van der Waals surface area contributed by atoms with Crippen molar-refractivity contribution >= 4 is 28.9 Å². The predicted octanol–water partition coefficient (Wildman–Crippen LogP) is 3.87. The highest BCUT2D eigenvalue weighted by molar-refractivity contribution is 6.43. The van der Waals surface area contributed by atoms with Crippen LogP contribution < -0.4 is 15.5 Å². The molecule has 5 nitrogen and oxygen atoms in total. The number of aryl methyl sites for hydroxylation is 2. The third-order valence-corrected chi connectivity index (χ3v) is 4.69. The van der Waals surface area contributed by atoms with Crippen LogP contribution in [-0.4, -0.2) is 24.9 Å². The van der Waals surface area contributed by atoms with Gasteiger partial charge in [-0.1, -0.05) is 12.1 Å². The Hall–Kier alpha value is -2.82. The zero-order chi connectivity index (χ0) is 18.5. The van der Waals surface area contributed by atoms with Crippen molar-refractivity contribution in [1.29, 1.82) is 0 Å². The molecule has 3 rings (SSSR count). The molecule has 0 bridgehead atoms. The number of nitrogens with one attached hydrogen (secondary N) is 2. The summed E-state index contributed by atoms with van der Waals surface area (Å²) in [5, 5.41) is 5.33. The first kappa shape index (κ1) is 18.0. The molecule has 0 aromatic heterocycles. The van der Waals surface area contributed by atoms with Gasteiger partial charge in [0.1, 0.15) is 0 Å². The SMILES string of the molecule is Cc1ccc(C)c(NC(=O)C(=O)Nc2ccc(N3CCCCC3)cc2)c1. The van der Waals surface area contributed by atoms with Crippen LogP contribution in [0.4, 0.5) is 17.1 Å². The summed E-state index contributed by atoms with van der Waals surface area (Å²) in [6.07, 6.45) is 3.73. The normalized spacial score (nSPS) is 14.0. The number of anilines is 3. The molecule has 2 N–H and O–H groups in total. The molecule has 2 amide bonds. The van der Waals surface area contributed by atoms with Crippen molar-refractivity contribution < 1.29 is 9.59 Å². The van der Waals surface area contributed by atoms with E-state index in [0.29, 0.717) is 11.4 Å². The highest BCUT2D eigenvalue weighted by Crippen LogP contribution is 2.22. The van der Waals surface area contributed by atoms with E-state index in [9.17, 15) is 9.59 Å². The number of hydrogen-bond acceptors (Lipinski definition) is 3. The summed E-state index contributed by atoms with van der Waals surface area (Å²) in [5.74, 6) is -1.34. The van der Waals surface area contributed by atoms with E-state index in [1.54, 1.807) is 0 Å². The Kier molecular flexibility index (Phi) is 5.56. The smallest absolute Gasteiger partial charge is 0.314 e. The summed E-state index contributed by atoms with van der Waals surface area (Å²) < 4.78 is 0. The van der Waals surface area contributed by atoms with Gasteiger partial charge in [-0.15, -0.1) is 0 Å². The van der Waals surface area contributed by atoms with E-state index in [4.69, 9.17) is 0 Å². The molecular formula is C21H25N3O2. The molecule has 0 unspecified atom stereocenters. The average molecular weight is 351 g/mol. The van der Waals surface area contributed by atoms with Gasteiger partial charge >= 0.3 is 11.8 Å². The lowest BCUT2D eigenvalue weighted by molar-refractivity contribution is -0.133. The molecule has 136 valence electrons. The quantitative estimate of drug-likeness (QED) is 0.825. The number of hydrogen-bond donors (Lipinski definition) is 2. The standard InChI is InChI=1S/C21H25N3O2/c1-15-6-7-16(2)19(14-15)23-21(26)20(25)22-17-8-10-18(11-9-17)24-12-4-3-5-13-24/h6-11,14H,3-5,12-13H2,1-2H3,(H,22,25)(H,23,26). The summed E-state index contributed by atoms with van der Waals surface area (Å²) in [4.78, 5) is 26.7. The van der Waals surface area contributed by atoms with E-state index in [-0.39, 0.29) is 0 Å². The second-order valence-electron chi connectivity index (χ2n) is 6.82. The molecule has 1 aliphatic heterocycles. The maximum Gasteiger partial charge on any atom is 0.314 e. The molecule has 0 radical (unpaired) electrons. The molecule has 0 saturated carbocycles. The molecule has 1 heterocycles. The molecule has 1 saturated heterocycles. The molecular weight excluding hydrogens is 326 g/mol. The Morgan fingerprint density at radius 1 is 0.846 bits per heavy atom. The Labute approximate surface area is 154 Å². The van der Waals surface area contributed by atoms with Gasteiger partial charge in [0.15, 0.2) is 0 Å². The fourth-order valence-corrected chi connectivity index (χ4v) is 3.15. The number of benzene rings is 2. The molecule has 0 atom stereocenters. The van der Waals surface area contributed by atoms with Gasteiger partial charge in [-0.05, 0) is 74.6 Å². The molecule has 0 aliphatic carbocycles. The summed E-state index contributed by atoms with van der Waals surface area (Å²) in [6.45, 7) is 5.99. The Bertz CT molecular complexity index is 793. The highest BCUT2D eigenvalue weighted by atomic mass is 16.2. The molecule has 26 heavy (non-hydrogen) atoms. The zero-order valence-corrected chi connectivity index (χ0v) is 15.3. The van der Waals surface area contributed by atoms with E-state index < -0.39 is 11.8 Å². The van der Waals surface area contributed by atoms with Crippen LogP contribution in [0.1, 0.15) is 30.4 Å². The number of nitrogens with zero attached hydrogens (tertiary/aromatic N) is 1. The van der Waals surface area contributed by atoms with Crippen LogP contribution in [0.2, 0.25) is 0 Å². The number of carbonyl (C=O) groups excluding carboxylic acids is 2. The molecule has 2 aromatic rings. The van der Waals surface area contributed by atoms with Gasteiger partial charge in [0, 0.05) is 30.2 Å². The topological polar surface area (TPSA) is 61.4 Å². The van der Waals surface area contributed by atoms with Crippen molar-refractivity contribution in [2.75, 3.05) is 28.6 Å². The number of piperidine rings is 1. The largest absolute Gasteiger partial charge is 0.372 e. The average Bonchev–Trinajstić information content (AvgIpc) is 2.66. The van der Waals surface area contributed by atoms with Gasteiger partial charge in [0.25, 0.3) is 0 Å². The maximum atomic E-state index is 12.2. The first-order chi connectivity index (χ1) is 12.5. The van der Waals surface area contributed by atoms with E-state index in [0.717, 1.165) is 29.9 Å². The predicted molar refractivity (Wildman–Crippen MR) is 106 cm³/mol. The molecule has 2 aromatic carbocycles. The minimum atomic E-state index is -0.670. The molecule has 1 fully saturated rings. The van der Waals surface area contributed by atoms with E-state index >= 15 is 0 Å². The van der Waals surface area contributed by atoms with Crippen LogP contribution in [0.25, 0.3) is 0 Å². The summed E-state index contributed by atoms with van der Waals surface area (Å²) in [5.41, 5.74) is 4.38. The first-order valence-corrected chi connectivity index (χ1v) is 9.07. The van der Waals surface area contributed by atoms with E-state index in [2.05, 4.69) is 15.5 Å². The summed E-state index contributed by atoms with van der Waals surface area (Å²) >= 11 is 0. The molecule has 5 heteroatoms. The minimum absolute atomic E-state index is 0.617. The van der Waals surface area contributed by atoms with Crippen molar-refractivity contribution in [2.24, 2.45) is 0 Å². The number of rotatable bonds is 3. The van der Waals surface area contributed by atoms with Crippen LogP contribution in [0.3, 0.4) is 0 Å². The van der Waals surface area contributed by atoms with Crippen molar-refractivity contribution in [3.63, 3.8) is 0 Å². The van der Waals surface area contributed by atoms with Crippen LogP contribution >= 0.6 is 0 Å². The van der Waals surface area contributed by atoms with E-state index in [1.807, 2.05) is 56.3 Å². The zero-order valence-electron chi connectivity index (χ0n) is 15.3. The van der Waals surface area contributed by atoms with Gasteiger partial charge in [0.2, 0.25) is 0 Å². The molecule has 0 spiro atoms. The van der Waals surface area contributed by atoms with Crippen LogP contribution in [0, 0.1) is 13.8 Å². The summed E-state index contributed by atoms with van der Waals surface area (Å²) in [7, 11) is 0. The van der Waals surface area contributed by atoms with Crippen molar-refractivity contribution in [1.82, 2.24) is 0 Å². The van der Waals surface area contributed by atoms with Crippen LogP contribution in [0.5, 0.6) is 0 Å². The third kappa shape index (κ3) is 4.42. The lowest BCUT2D eigenvalue weighted by atomic mass is 10.1. The van der Waals surface area contributed by atoms with Crippen LogP contribution in [-0.2, 0) is 9.59 Å². The van der Waals surface area contributed by atoms with Crippen LogP contribution in [0.15, 0.2) is 42.5 Å². The second kappa shape index (κ2) is 8.04. The van der Waals surface area contributed by atoms with Gasteiger partial charge in [0.05, 0.1) is 0 Å². The van der Waals surface area contributed by atoms with Gasteiger partial charge < -0.3 is 15.5 Å². The Morgan fingerprint density at radius 2 is 1.50 bits per heavy atom. The highest BCUT2D eigenvalue weighted by Gasteiger charge is 2.16. The van der Waals surface area contributed by atoms with Crippen molar-refractivity contribution in [3.05, 3.63) is 53.6 Å². The Morgan fingerprint density at radius 3 is 2.19 bits per heavy atom. The first-order valence-electron chi connectivity index (χ1n) is 9.07. The fourth-order valence-electron chi connectivity index (χ4n) is 3.15. The lowest BCUT2D eigenvalue weighted by Gasteiger charge is -2.28.